The van der Waals surface area contributed by atoms with Crippen LogP contribution in [-0.2, 0) is 16.6 Å². The Kier molecular flexibility index (Phi) is 6.10. The summed E-state index contributed by atoms with van der Waals surface area (Å²) in [5.41, 5.74) is 1.13. The Labute approximate surface area is 132 Å². The largest absolute Gasteiger partial charge is 0.309 e. The SMILES string of the molecule is CCN(CC)S(=O)(=O)c1ccc(CNC2CCSC2)cc1. The summed E-state index contributed by atoms with van der Waals surface area (Å²) < 4.78 is 26.2. The summed E-state index contributed by atoms with van der Waals surface area (Å²) in [6.45, 7) is 5.53. The van der Waals surface area contributed by atoms with Crippen LogP contribution in [0.3, 0.4) is 0 Å². The zero-order valence-corrected chi connectivity index (χ0v) is 14.3. The molecule has 0 spiro atoms. The van der Waals surface area contributed by atoms with Crippen LogP contribution >= 0.6 is 11.8 Å². The quantitative estimate of drug-likeness (QED) is 0.834. The van der Waals surface area contributed by atoms with Gasteiger partial charge in [0.15, 0.2) is 0 Å². The van der Waals surface area contributed by atoms with Crippen molar-refractivity contribution in [1.82, 2.24) is 9.62 Å². The van der Waals surface area contributed by atoms with Crippen molar-refractivity contribution in [3.05, 3.63) is 29.8 Å². The Morgan fingerprint density at radius 3 is 2.43 bits per heavy atom. The maximum absolute atomic E-state index is 12.4. The van der Waals surface area contributed by atoms with Crippen molar-refractivity contribution in [3.8, 4) is 0 Å². The second-order valence-electron chi connectivity index (χ2n) is 5.17. The van der Waals surface area contributed by atoms with Crippen LogP contribution in [0, 0.1) is 0 Å². The van der Waals surface area contributed by atoms with Crippen molar-refractivity contribution in [1.29, 1.82) is 0 Å². The number of hydrogen-bond acceptors (Lipinski definition) is 4. The molecule has 1 atom stereocenters. The molecule has 6 heteroatoms. The Balaban J connectivity index is 2.00. The molecule has 118 valence electrons. The lowest BCUT2D eigenvalue weighted by Crippen LogP contribution is -2.30. The Bertz CT molecular complexity index is 533. The molecule has 0 radical (unpaired) electrons. The number of rotatable bonds is 7. The maximum atomic E-state index is 12.4. The summed E-state index contributed by atoms with van der Waals surface area (Å²) in [7, 11) is -3.34. The highest BCUT2D eigenvalue weighted by molar-refractivity contribution is 7.99. The first-order chi connectivity index (χ1) is 10.1. The molecule has 0 saturated carbocycles. The van der Waals surface area contributed by atoms with Crippen LogP contribution in [-0.4, -0.2) is 43.4 Å². The van der Waals surface area contributed by atoms with Crippen LogP contribution in [0.1, 0.15) is 25.8 Å². The van der Waals surface area contributed by atoms with Crippen molar-refractivity contribution in [2.75, 3.05) is 24.6 Å². The molecule has 2 rings (SSSR count). The molecular formula is C15H24N2O2S2. The average molecular weight is 329 g/mol. The lowest BCUT2D eigenvalue weighted by atomic mass is 10.2. The fourth-order valence-corrected chi connectivity index (χ4v) is 5.09. The van der Waals surface area contributed by atoms with Crippen molar-refractivity contribution in [2.24, 2.45) is 0 Å². The summed E-state index contributed by atoms with van der Waals surface area (Å²) in [4.78, 5) is 0.381. The van der Waals surface area contributed by atoms with E-state index in [1.807, 2.05) is 37.7 Å². The van der Waals surface area contributed by atoms with Gasteiger partial charge in [0.25, 0.3) is 0 Å². The second kappa shape index (κ2) is 7.63. The highest BCUT2D eigenvalue weighted by atomic mass is 32.2. The van der Waals surface area contributed by atoms with Crippen molar-refractivity contribution in [2.45, 2.75) is 37.8 Å². The van der Waals surface area contributed by atoms with Gasteiger partial charge in [-0.05, 0) is 29.9 Å². The van der Waals surface area contributed by atoms with Gasteiger partial charge in [0.1, 0.15) is 0 Å². The molecule has 1 aromatic rings. The molecule has 0 aliphatic carbocycles. The summed E-state index contributed by atoms with van der Waals surface area (Å²) in [6.07, 6.45) is 1.22. The van der Waals surface area contributed by atoms with E-state index in [0.29, 0.717) is 24.0 Å². The number of hydrogen-bond donors (Lipinski definition) is 1. The minimum atomic E-state index is -3.34. The van der Waals surface area contributed by atoms with Gasteiger partial charge in [-0.1, -0.05) is 26.0 Å². The molecule has 1 aromatic carbocycles. The van der Waals surface area contributed by atoms with Crippen molar-refractivity contribution in [3.63, 3.8) is 0 Å². The van der Waals surface area contributed by atoms with Gasteiger partial charge < -0.3 is 5.32 Å². The molecular weight excluding hydrogens is 304 g/mol. The van der Waals surface area contributed by atoms with E-state index in [-0.39, 0.29) is 0 Å². The first kappa shape index (κ1) is 16.8. The van der Waals surface area contributed by atoms with E-state index in [2.05, 4.69) is 5.32 Å². The molecule has 1 heterocycles. The molecule has 0 aromatic heterocycles. The van der Waals surface area contributed by atoms with Gasteiger partial charge in [0.2, 0.25) is 10.0 Å². The lowest BCUT2D eigenvalue weighted by Gasteiger charge is -2.18. The van der Waals surface area contributed by atoms with Gasteiger partial charge in [-0.15, -0.1) is 0 Å². The van der Waals surface area contributed by atoms with Crippen LogP contribution in [0.25, 0.3) is 0 Å². The summed E-state index contributed by atoms with van der Waals surface area (Å²) >= 11 is 1.98. The van der Waals surface area contributed by atoms with Crippen LogP contribution in [0.2, 0.25) is 0 Å². The number of benzene rings is 1. The smallest absolute Gasteiger partial charge is 0.243 e. The summed E-state index contributed by atoms with van der Waals surface area (Å²) in [6, 6.07) is 7.84. The Morgan fingerprint density at radius 1 is 1.24 bits per heavy atom. The average Bonchev–Trinajstić information content (AvgIpc) is 3.00. The molecule has 0 bridgehead atoms. The standard InChI is InChI=1S/C15H24N2O2S2/c1-3-17(4-2)21(18,19)15-7-5-13(6-8-15)11-16-14-9-10-20-12-14/h5-8,14,16H,3-4,9-12H2,1-2H3. The second-order valence-corrected chi connectivity index (χ2v) is 8.26. The zero-order chi connectivity index (χ0) is 15.3. The molecule has 1 saturated heterocycles. The predicted molar refractivity (Wildman–Crippen MR) is 89.1 cm³/mol. The van der Waals surface area contributed by atoms with Gasteiger partial charge in [-0.25, -0.2) is 8.42 Å². The third-order valence-electron chi connectivity index (χ3n) is 3.79. The fourth-order valence-electron chi connectivity index (χ4n) is 2.45. The van der Waals surface area contributed by atoms with Crippen molar-refractivity contribution >= 4 is 21.8 Å². The van der Waals surface area contributed by atoms with Gasteiger partial charge in [-0.2, -0.15) is 16.1 Å². The molecule has 1 N–H and O–H groups in total. The maximum Gasteiger partial charge on any atom is 0.243 e. The van der Waals surface area contributed by atoms with Crippen molar-refractivity contribution < 1.29 is 8.42 Å². The van der Waals surface area contributed by atoms with Gasteiger partial charge in [-0.3, -0.25) is 0 Å². The first-order valence-electron chi connectivity index (χ1n) is 7.48. The first-order valence-corrected chi connectivity index (χ1v) is 10.1. The van der Waals surface area contributed by atoms with Crippen LogP contribution in [0.15, 0.2) is 29.2 Å². The molecule has 1 fully saturated rings. The molecule has 1 aliphatic rings. The minimum Gasteiger partial charge on any atom is -0.309 e. The summed E-state index contributed by atoms with van der Waals surface area (Å²) in [5.74, 6) is 2.41. The third kappa shape index (κ3) is 4.22. The zero-order valence-electron chi connectivity index (χ0n) is 12.7. The third-order valence-corrected chi connectivity index (χ3v) is 7.02. The normalized spacial score (nSPS) is 19.3. The molecule has 21 heavy (non-hydrogen) atoms. The molecule has 4 nitrogen and oxygen atoms in total. The lowest BCUT2D eigenvalue weighted by molar-refractivity contribution is 0.445. The van der Waals surface area contributed by atoms with E-state index < -0.39 is 10.0 Å². The molecule has 1 unspecified atom stereocenters. The van der Waals surface area contributed by atoms with Crippen LogP contribution < -0.4 is 5.32 Å². The van der Waals surface area contributed by atoms with E-state index in [9.17, 15) is 8.42 Å². The van der Waals surface area contributed by atoms with E-state index >= 15 is 0 Å². The van der Waals surface area contributed by atoms with E-state index in [4.69, 9.17) is 0 Å². The van der Waals surface area contributed by atoms with Crippen LogP contribution in [0.4, 0.5) is 0 Å². The highest BCUT2D eigenvalue weighted by Gasteiger charge is 2.21. The minimum absolute atomic E-state index is 0.381. The topological polar surface area (TPSA) is 49.4 Å². The highest BCUT2D eigenvalue weighted by Crippen LogP contribution is 2.19. The van der Waals surface area contributed by atoms with Gasteiger partial charge in [0.05, 0.1) is 4.90 Å². The Hall–Kier alpha value is -0.560. The number of sulfonamides is 1. The van der Waals surface area contributed by atoms with E-state index in [1.165, 1.54) is 22.2 Å². The predicted octanol–water partition coefficient (Wildman–Crippen LogP) is 2.31. The van der Waals surface area contributed by atoms with E-state index in [1.54, 1.807) is 12.1 Å². The monoisotopic (exact) mass is 328 g/mol. The Morgan fingerprint density at radius 2 is 1.90 bits per heavy atom. The fraction of sp³-hybridized carbons (Fsp3) is 0.600. The van der Waals surface area contributed by atoms with E-state index in [0.717, 1.165) is 12.1 Å². The van der Waals surface area contributed by atoms with Gasteiger partial charge >= 0.3 is 0 Å². The summed E-state index contributed by atoms with van der Waals surface area (Å²) in [5, 5.41) is 3.52. The number of nitrogens with one attached hydrogen (secondary N) is 1. The molecule has 0 amide bonds. The molecule has 1 aliphatic heterocycles. The number of thioether (sulfide) groups is 1. The number of nitrogens with zero attached hydrogens (tertiary/aromatic N) is 1. The van der Waals surface area contributed by atoms with Crippen LogP contribution in [0.5, 0.6) is 0 Å². The van der Waals surface area contributed by atoms with Gasteiger partial charge in [0, 0.05) is 31.4 Å².